The van der Waals surface area contributed by atoms with E-state index in [-0.39, 0.29) is 0 Å². The molecule has 2 aromatic heterocycles. The van der Waals surface area contributed by atoms with Gasteiger partial charge in [0.15, 0.2) is 0 Å². The van der Waals surface area contributed by atoms with Gasteiger partial charge in [-0.2, -0.15) is 0 Å². The molecule has 0 aliphatic heterocycles. The van der Waals surface area contributed by atoms with Crippen molar-refractivity contribution in [2.24, 2.45) is 0 Å². The number of hydrogen-bond donors (Lipinski definition) is 1. The maximum absolute atomic E-state index is 3.87. The molecule has 1 aliphatic rings. The van der Waals surface area contributed by atoms with E-state index >= 15 is 0 Å². The summed E-state index contributed by atoms with van der Waals surface area (Å²) in [6.45, 7) is 4.60. The lowest BCUT2D eigenvalue weighted by atomic mass is 9.99. The second-order valence-corrected chi connectivity index (χ2v) is 8.20. The van der Waals surface area contributed by atoms with Crippen molar-refractivity contribution >= 4 is 22.7 Å². The Kier molecular flexibility index (Phi) is 5.15. The second-order valence-electron chi connectivity index (χ2n) is 6.05. The summed E-state index contributed by atoms with van der Waals surface area (Å²) in [5, 5.41) is 6.06. The summed E-state index contributed by atoms with van der Waals surface area (Å²) in [7, 11) is 0. The summed E-state index contributed by atoms with van der Waals surface area (Å²) >= 11 is 3.92. The molecule has 114 valence electrons. The van der Waals surface area contributed by atoms with Crippen LogP contribution in [0.15, 0.2) is 23.6 Å². The van der Waals surface area contributed by atoms with E-state index in [1.807, 2.05) is 22.7 Å². The summed E-state index contributed by atoms with van der Waals surface area (Å²) in [5.74, 6) is 0. The van der Waals surface area contributed by atoms with Crippen molar-refractivity contribution in [3.05, 3.63) is 43.8 Å². The molecule has 2 unspecified atom stereocenters. The summed E-state index contributed by atoms with van der Waals surface area (Å²) in [6, 6.07) is 7.86. The average Bonchev–Trinajstić information content (AvgIpc) is 3.16. The first-order valence-corrected chi connectivity index (χ1v) is 9.88. The molecule has 0 fully saturated rings. The zero-order chi connectivity index (χ0) is 14.7. The molecule has 0 spiro atoms. The second kappa shape index (κ2) is 7.08. The Morgan fingerprint density at radius 1 is 1.24 bits per heavy atom. The molecule has 1 N–H and O–H groups in total. The van der Waals surface area contributed by atoms with Gasteiger partial charge in [-0.3, -0.25) is 0 Å². The third-order valence-corrected chi connectivity index (χ3v) is 6.76. The van der Waals surface area contributed by atoms with Crippen molar-refractivity contribution in [2.75, 3.05) is 0 Å². The van der Waals surface area contributed by atoms with Crippen molar-refractivity contribution in [2.45, 2.75) is 64.5 Å². The molecule has 0 amide bonds. The Bertz CT molecular complexity index is 532. The molecule has 1 aliphatic carbocycles. The minimum absolute atomic E-state index is 0.458. The van der Waals surface area contributed by atoms with E-state index < -0.39 is 0 Å². The number of fused-ring (bicyclic) bond motifs is 1. The van der Waals surface area contributed by atoms with Crippen molar-refractivity contribution in [3.8, 4) is 0 Å². The van der Waals surface area contributed by atoms with Gasteiger partial charge in [-0.1, -0.05) is 19.4 Å². The molecular formula is C18H25NS2. The summed E-state index contributed by atoms with van der Waals surface area (Å²) in [4.78, 5) is 4.65. The highest BCUT2D eigenvalue weighted by Gasteiger charge is 2.19. The predicted molar refractivity (Wildman–Crippen MR) is 94.5 cm³/mol. The first-order valence-electron chi connectivity index (χ1n) is 8.19. The van der Waals surface area contributed by atoms with Gasteiger partial charge in [-0.05, 0) is 62.1 Å². The van der Waals surface area contributed by atoms with Gasteiger partial charge in [0.1, 0.15) is 0 Å². The first kappa shape index (κ1) is 15.3. The molecule has 0 saturated heterocycles. The van der Waals surface area contributed by atoms with Crippen LogP contribution in [0.3, 0.4) is 0 Å². The number of aryl methyl sites for hydroxylation is 2. The number of hydrogen-bond acceptors (Lipinski definition) is 3. The fourth-order valence-corrected chi connectivity index (χ4v) is 5.29. The van der Waals surface area contributed by atoms with E-state index in [1.165, 1.54) is 48.3 Å². The van der Waals surface area contributed by atoms with Crippen molar-refractivity contribution in [1.29, 1.82) is 0 Å². The van der Waals surface area contributed by atoms with E-state index in [9.17, 15) is 0 Å². The third kappa shape index (κ3) is 3.58. The van der Waals surface area contributed by atoms with Gasteiger partial charge in [-0.25, -0.2) is 0 Å². The molecule has 3 heteroatoms. The van der Waals surface area contributed by atoms with Gasteiger partial charge in [0, 0.05) is 26.7 Å². The van der Waals surface area contributed by atoms with E-state index in [2.05, 4.69) is 42.7 Å². The standard InChI is InChI=1S/C18H25NS2/c1-3-7-15(17-10-6-11-20-17)19-13(2)18-12-14-8-4-5-9-16(14)21-18/h6,10-13,15,19H,3-5,7-9H2,1-2H3. The first-order chi connectivity index (χ1) is 10.3. The zero-order valence-corrected chi connectivity index (χ0v) is 14.7. The molecule has 2 atom stereocenters. The van der Waals surface area contributed by atoms with Gasteiger partial charge >= 0.3 is 0 Å². The minimum atomic E-state index is 0.458. The number of thiophene rings is 2. The Balaban J connectivity index is 1.71. The fraction of sp³-hybridized carbons (Fsp3) is 0.556. The maximum atomic E-state index is 3.87. The lowest BCUT2D eigenvalue weighted by molar-refractivity contribution is 0.448. The predicted octanol–water partition coefficient (Wildman–Crippen LogP) is 5.88. The van der Waals surface area contributed by atoms with Crippen LogP contribution in [0.1, 0.15) is 71.8 Å². The highest BCUT2D eigenvalue weighted by Crippen LogP contribution is 2.34. The summed E-state index contributed by atoms with van der Waals surface area (Å²) < 4.78 is 0. The lowest BCUT2D eigenvalue weighted by Crippen LogP contribution is -2.23. The number of nitrogens with one attached hydrogen (secondary N) is 1. The largest absolute Gasteiger partial charge is 0.302 e. The number of rotatable bonds is 6. The van der Waals surface area contributed by atoms with Crippen LogP contribution in [-0.4, -0.2) is 0 Å². The van der Waals surface area contributed by atoms with E-state index in [0.29, 0.717) is 12.1 Å². The molecular weight excluding hydrogens is 294 g/mol. The third-order valence-electron chi connectivity index (χ3n) is 4.36. The SMILES string of the molecule is CCCC(NC(C)c1cc2c(s1)CCCC2)c1cccs1. The molecule has 0 saturated carbocycles. The van der Waals surface area contributed by atoms with E-state index in [4.69, 9.17) is 0 Å². The average molecular weight is 320 g/mol. The Hall–Kier alpha value is -0.640. The Labute approximate surface area is 136 Å². The lowest BCUT2D eigenvalue weighted by Gasteiger charge is -2.21. The molecule has 3 rings (SSSR count). The van der Waals surface area contributed by atoms with E-state index in [0.717, 1.165) is 0 Å². The van der Waals surface area contributed by atoms with E-state index in [1.54, 1.807) is 10.4 Å². The molecule has 2 heterocycles. The fourth-order valence-electron chi connectivity index (χ4n) is 3.20. The van der Waals surface area contributed by atoms with Crippen LogP contribution < -0.4 is 5.32 Å². The van der Waals surface area contributed by atoms with Crippen molar-refractivity contribution in [1.82, 2.24) is 5.32 Å². The highest BCUT2D eigenvalue weighted by molar-refractivity contribution is 7.12. The van der Waals surface area contributed by atoms with Gasteiger partial charge in [0.2, 0.25) is 0 Å². The maximum Gasteiger partial charge on any atom is 0.0419 e. The van der Waals surface area contributed by atoms with Crippen LogP contribution in [0, 0.1) is 0 Å². The monoisotopic (exact) mass is 319 g/mol. The minimum Gasteiger partial charge on any atom is -0.302 e. The van der Waals surface area contributed by atoms with Gasteiger partial charge in [0.05, 0.1) is 0 Å². The van der Waals surface area contributed by atoms with Crippen molar-refractivity contribution < 1.29 is 0 Å². The molecule has 2 aromatic rings. The van der Waals surface area contributed by atoms with Crippen LogP contribution in [-0.2, 0) is 12.8 Å². The molecule has 0 radical (unpaired) electrons. The topological polar surface area (TPSA) is 12.0 Å². The van der Waals surface area contributed by atoms with Crippen LogP contribution in [0.5, 0.6) is 0 Å². The van der Waals surface area contributed by atoms with Gasteiger partial charge < -0.3 is 5.32 Å². The normalized spacial score (nSPS) is 17.4. The van der Waals surface area contributed by atoms with Gasteiger partial charge in [-0.15, -0.1) is 22.7 Å². The summed E-state index contributed by atoms with van der Waals surface area (Å²) in [6.07, 6.45) is 7.79. The quantitative estimate of drug-likeness (QED) is 0.701. The zero-order valence-electron chi connectivity index (χ0n) is 13.0. The molecule has 0 bridgehead atoms. The van der Waals surface area contributed by atoms with Crippen LogP contribution >= 0.6 is 22.7 Å². The summed E-state index contributed by atoms with van der Waals surface area (Å²) in [5.41, 5.74) is 1.62. The Morgan fingerprint density at radius 3 is 2.81 bits per heavy atom. The Morgan fingerprint density at radius 2 is 2.10 bits per heavy atom. The van der Waals surface area contributed by atoms with Crippen LogP contribution in [0.2, 0.25) is 0 Å². The highest BCUT2D eigenvalue weighted by atomic mass is 32.1. The molecule has 21 heavy (non-hydrogen) atoms. The molecule has 1 nitrogen and oxygen atoms in total. The van der Waals surface area contributed by atoms with Crippen molar-refractivity contribution in [3.63, 3.8) is 0 Å². The smallest absolute Gasteiger partial charge is 0.0419 e. The van der Waals surface area contributed by atoms with Crippen LogP contribution in [0.4, 0.5) is 0 Å². The molecule has 0 aromatic carbocycles. The van der Waals surface area contributed by atoms with Gasteiger partial charge in [0.25, 0.3) is 0 Å². The van der Waals surface area contributed by atoms with Crippen LogP contribution in [0.25, 0.3) is 0 Å².